The highest BCUT2D eigenvalue weighted by Crippen LogP contribution is 2.15. The van der Waals surface area contributed by atoms with E-state index in [1.165, 1.54) is 6.26 Å². The van der Waals surface area contributed by atoms with Crippen LogP contribution in [0.1, 0.15) is 18.0 Å². The van der Waals surface area contributed by atoms with Crippen molar-refractivity contribution in [2.75, 3.05) is 12.0 Å². The van der Waals surface area contributed by atoms with Crippen LogP contribution in [-0.2, 0) is 9.84 Å². The molecule has 0 aliphatic carbocycles. The molecule has 0 saturated carbocycles. The molecule has 84 valence electrons. The summed E-state index contributed by atoms with van der Waals surface area (Å²) in [6, 6.07) is 9.45. The third-order valence-corrected chi connectivity index (χ3v) is 3.16. The van der Waals surface area contributed by atoms with Gasteiger partial charge >= 0.3 is 0 Å². The van der Waals surface area contributed by atoms with Gasteiger partial charge in [0.05, 0.1) is 5.75 Å². The monoisotopic (exact) mass is 228 g/mol. The average Bonchev–Trinajstić information content (AvgIpc) is 2.19. The molecular weight excluding hydrogens is 212 g/mol. The molecule has 0 heterocycles. The summed E-state index contributed by atoms with van der Waals surface area (Å²) in [7, 11) is -2.93. The zero-order chi connectivity index (χ0) is 11.3. The second-order valence-corrected chi connectivity index (χ2v) is 5.81. The van der Waals surface area contributed by atoms with E-state index in [2.05, 4.69) is 5.43 Å². The van der Waals surface area contributed by atoms with Crippen LogP contribution >= 0.6 is 0 Å². The first-order valence-electron chi connectivity index (χ1n) is 4.72. The maximum atomic E-state index is 11.0. The molecule has 5 heteroatoms. The molecule has 0 aromatic heterocycles. The smallest absolute Gasteiger partial charge is 0.147 e. The second kappa shape index (κ2) is 5.25. The van der Waals surface area contributed by atoms with Crippen molar-refractivity contribution in [1.29, 1.82) is 0 Å². The highest BCUT2D eigenvalue weighted by atomic mass is 32.2. The Hall–Kier alpha value is -0.910. The summed E-state index contributed by atoms with van der Waals surface area (Å²) in [5.74, 6) is 5.52. The molecular formula is C10H16N2O2S. The Morgan fingerprint density at radius 3 is 2.40 bits per heavy atom. The average molecular weight is 228 g/mol. The quantitative estimate of drug-likeness (QED) is 0.572. The lowest BCUT2D eigenvalue weighted by atomic mass is 10.1. The molecule has 0 fully saturated rings. The summed E-state index contributed by atoms with van der Waals surface area (Å²) in [5.41, 5.74) is 3.63. The van der Waals surface area contributed by atoms with Crippen molar-refractivity contribution in [2.45, 2.75) is 12.5 Å². The fourth-order valence-electron chi connectivity index (χ4n) is 1.36. The molecule has 0 saturated heterocycles. The van der Waals surface area contributed by atoms with Crippen molar-refractivity contribution in [3.63, 3.8) is 0 Å². The van der Waals surface area contributed by atoms with Crippen molar-refractivity contribution in [2.24, 2.45) is 5.84 Å². The summed E-state index contributed by atoms with van der Waals surface area (Å²) in [6.07, 6.45) is 1.71. The van der Waals surface area contributed by atoms with Gasteiger partial charge in [-0.3, -0.25) is 11.3 Å². The molecule has 1 unspecified atom stereocenters. The van der Waals surface area contributed by atoms with Gasteiger partial charge in [-0.2, -0.15) is 0 Å². The van der Waals surface area contributed by atoms with E-state index in [4.69, 9.17) is 5.84 Å². The number of sulfone groups is 1. The number of hydrogen-bond acceptors (Lipinski definition) is 4. The van der Waals surface area contributed by atoms with E-state index in [-0.39, 0.29) is 11.8 Å². The molecule has 0 amide bonds. The Morgan fingerprint density at radius 2 is 1.93 bits per heavy atom. The van der Waals surface area contributed by atoms with Crippen molar-refractivity contribution in [1.82, 2.24) is 5.43 Å². The van der Waals surface area contributed by atoms with Gasteiger partial charge in [0.1, 0.15) is 9.84 Å². The van der Waals surface area contributed by atoms with Crippen LogP contribution in [0.2, 0.25) is 0 Å². The van der Waals surface area contributed by atoms with E-state index in [9.17, 15) is 8.42 Å². The lowest BCUT2D eigenvalue weighted by Gasteiger charge is -2.15. The second-order valence-electron chi connectivity index (χ2n) is 3.55. The lowest BCUT2D eigenvalue weighted by molar-refractivity contribution is 0.531. The first kappa shape index (κ1) is 12.2. The van der Waals surface area contributed by atoms with Crippen molar-refractivity contribution >= 4 is 9.84 Å². The lowest BCUT2D eigenvalue weighted by Crippen LogP contribution is -2.29. The molecule has 0 spiro atoms. The van der Waals surface area contributed by atoms with Gasteiger partial charge in [-0.1, -0.05) is 30.3 Å². The van der Waals surface area contributed by atoms with Crippen LogP contribution < -0.4 is 11.3 Å². The minimum atomic E-state index is -2.93. The fourth-order valence-corrected chi connectivity index (χ4v) is 2.03. The van der Waals surface area contributed by atoms with Crippen LogP contribution in [-0.4, -0.2) is 20.4 Å². The van der Waals surface area contributed by atoms with Crippen LogP contribution in [0.5, 0.6) is 0 Å². The van der Waals surface area contributed by atoms with Gasteiger partial charge in [0.2, 0.25) is 0 Å². The maximum absolute atomic E-state index is 11.0. The predicted molar refractivity (Wildman–Crippen MR) is 60.8 cm³/mol. The minimum Gasteiger partial charge on any atom is -0.271 e. The van der Waals surface area contributed by atoms with E-state index in [0.29, 0.717) is 6.42 Å². The largest absolute Gasteiger partial charge is 0.271 e. The molecule has 1 atom stereocenters. The summed E-state index contributed by atoms with van der Waals surface area (Å²) >= 11 is 0. The SMILES string of the molecule is CS(=O)(=O)CCC(NN)c1ccccc1. The minimum absolute atomic E-state index is 0.110. The summed E-state index contributed by atoms with van der Waals surface area (Å²) in [5, 5.41) is 0. The number of nitrogens with one attached hydrogen (secondary N) is 1. The zero-order valence-electron chi connectivity index (χ0n) is 8.68. The van der Waals surface area contributed by atoms with Gasteiger partial charge in [0.15, 0.2) is 0 Å². The predicted octanol–water partition coefficient (Wildman–Crippen LogP) is 0.626. The third-order valence-electron chi connectivity index (χ3n) is 2.18. The van der Waals surface area contributed by atoms with Crippen molar-refractivity contribution in [3.8, 4) is 0 Å². The molecule has 1 aromatic carbocycles. The van der Waals surface area contributed by atoms with Crippen LogP contribution in [0.25, 0.3) is 0 Å². The van der Waals surface area contributed by atoms with E-state index >= 15 is 0 Å². The van der Waals surface area contributed by atoms with Crippen molar-refractivity contribution < 1.29 is 8.42 Å². The Kier molecular flexibility index (Phi) is 4.26. The number of nitrogens with two attached hydrogens (primary N) is 1. The molecule has 0 radical (unpaired) electrons. The van der Waals surface area contributed by atoms with Gasteiger partial charge in [0.25, 0.3) is 0 Å². The highest BCUT2D eigenvalue weighted by Gasteiger charge is 2.12. The Bertz CT molecular complexity index is 389. The summed E-state index contributed by atoms with van der Waals surface area (Å²) in [4.78, 5) is 0. The first-order valence-corrected chi connectivity index (χ1v) is 6.78. The Labute approximate surface area is 90.4 Å². The molecule has 15 heavy (non-hydrogen) atoms. The van der Waals surface area contributed by atoms with E-state index in [1.54, 1.807) is 0 Å². The fraction of sp³-hybridized carbons (Fsp3) is 0.400. The Morgan fingerprint density at radius 1 is 1.33 bits per heavy atom. The van der Waals surface area contributed by atoms with Crippen LogP contribution in [0, 0.1) is 0 Å². The first-order chi connectivity index (χ1) is 7.03. The van der Waals surface area contributed by atoms with Gasteiger partial charge in [0, 0.05) is 12.3 Å². The molecule has 3 N–H and O–H groups in total. The highest BCUT2D eigenvalue weighted by molar-refractivity contribution is 7.90. The van der Waals surface area contributed by atoms with Crippen LogP contribution in [0.15, 0.2) is 30.3 Å². The topological polar surface area (TPSA) is 72.2 Å². The molecule has 0 aliphatic heterocycles. The number of rotatable bonds is 5. The van der Waals surface area contributed by atoms with E-state index < -0.39 is 9.84 Å². The number of hydrogen-bond donors (Lipinski definition) is 2. The molecule has 1 rings (SSSR count). The normalized spacial score (nSPS) is 13.7. The van der Waals surface area contributed by atoms with E-state index in [0.717, 1.165) is 5.56 Å². The number of benzene rings is 1. The molecule has 0 aliphatic rings. The van der Waals surface area contributed by atoms with Crippen LogP contribution in [0.4, 0.5) is 0 Å². The summed E-state index contributed by atoms with van der Waals surface area (Å²) < 4.78 is 22.0. The zero-order valence-corrected chi connectivity index (χ0v) is 9.50. The molecule has 1 aromatic rings. The standard InChI is InChI=1S/C10H16N2O2S/c1-15(13,14)8-7-10(12-11)9-5-3-2-4-6-9/h2-6,10,12H,7-8,11H2,1H3. The van der Waals surface area contributed by atoms with E-state index in [1.807, 2.05) is 30.3 Å². The maximum Gasteiger partial charge on any atom is 0.147 e. The molecule has 0 bridgehead atoms. The van der Waals surface area contributed by atoms with Crippen LogP contribution in [0.3, 0.4) is 0 Å². The van der Waals surface area contributed by atoms with Crippen molar-refractivity contribution in [3.05, 3.63) is 35.9 Å². The van der Waals surface area contributed by atoms with Gasteiger partial charge in [-0.05, 0) is 12.0 Å². The number of hydrazine groups is 1. The molecule has 4 nitrogen and oxygen atoms in total. The van der Waals surface area contributed by atoms with Gasteiger partial charge in [-0.25, -0.2) is 8.42 Å². The Balaban J connectivity index is 2.66. The third kappa shape index (κ3) is 4.42. The summed E-state index contributed by atoms with van der Waals surface area (Å²) in [6.45, 7) is 0. The van der Waals surface area contributed by atoms with Gasteiger partial charge < -0.3 is 0 Å². The van der Waals surface area contributed by atoms with Gasteiger partial charge in [-0.15, -0.1) is 0 Å².